The Bertz CT molecular complexity index is 284. The fourth-order valence-corrected chi connectivity index (χ4v) is 1.68. The quantitative estimate of drug-likeness (QED) is 0.739. The number of hydrogen-bond acceptors (Lipinski definition) is 3. The molecule has 0 radical (unpaired) electrons. The highest BCUT2D eigenvalue weighted by atomic mass is 16.3. The lowest BCUT2D eigenvalue weighted by Gasteiger charge is -2.24. The van der Waals surface area contributed by atoms with E-state index < -0.39 is 0 Å². The molecule has 0 atom stereocenters. The van der Waals surface area contributed by atoms with Crippen LogP contribution in [0.1, 0.15) is 25.3 Å². The van der Waals surface area contributed by atoms with E-state index in [0.29, 0.717) is 13.1 Å². The SMILES string of the molecule is CCCCN(CCO)c1ccc(CN)cc1. The summed E-state index contributed by atoms with van der Waals surface area (Å²) >= 11 is 0. The Kier molecular flexibility index (Phi) is 5.90. The van der Waals surface area contributed by atoms with Gasteiger partial charge in [-0.15, -0.1) is 0 Å². The average Bonchev–Trinajstić information content (AvgIpc) is 2.35. The van der Waals surface area contributed by atoms with Crippen LogP contribution in [0.2, 0.25) is 0 Å². The number of hydrogen-bond donors (Lipinski definition) is 2. The van der Waals surface area contributed by atoms with E-state index in [2.05, 4.69) is 24.0 Å². The van der Waals surface area contributed by atoms with E-state index in [9.17, 15) is 0 Å². The van der Waals surface area contributed by atoms with Crippen LogP contribution in [0.15, 0.2) is 24.3 Å². The van der Waals surface area contributed by atoms with Crippen LogP contribution in [0.25, 0.3) is 0 Å². The van der Waals surface area contributed by atoms with Gasteiger partial charge < -0.3 is 15.7 Å². The van der Waals surface area contributed by atoms with Crippen LogP contribution in [-0.2, 0) is 6.54 Å². The molecule has 0 bridgehead atoms. The first kappa shape index (κ1) is 13.0. The van der Waals surface area contributed by atoms with Crippen LogP contribution in [0.3, 0.4) is 0 Å². The Morgan fingerprint density at radius 3 is 2.38 bits per heavy atom. The van der Waals surface area contributed by atoms with Crippen molar-refractivity contribution in [2.24, 2.45) is 5.73 Å². The second kappa shape index (κ2) is 7.25. The van der Waals surface area contributed by atoms with Gasteiger partial charge in [0, 0.05) is 25.3 Å². The topological polar surface area (TPSA) is 49.5 Å². The van der Waals surface area contributed by atoms with Gasteiger partial charge in [0.05, 0.1) is 6.61 Å². The van der Waals surface area contributed by atoms with Gasteiger partial charge in [-0.3, -0.25) is 0 Å². The normalized spacial score (nSPS) is 10.4. The maximum Gasteiger partial charge on any atom is 0.0606 e. The van der Waals surface area contributed by atoms with Gasteiger partial charge in [0.25, 0.3) is 0 Å². The molecule has 1 rings (SSSR count). The fraction of sp³-hybridized carbons (Fsp3) is 0.538. The van der Waals surface area contributed by atoms with Crippen LogP contribution in [0.5, 0.6) is 0 Å². The summed E-state index contributed by atoms with van der Waals surface area (Å²) in [4.78, 5) is 2.21. The van der Waals surface area contributed by atoms with Crippen LogP contribution in [-0.4, -0.2) is 24.8 Å². The zero-order valence-corrected chi connectivity index (χ0v) is 10.0. The van der Waals surface area contributed by atoms with Crippen molar-refractivity contribution in [1.29, 1.82) is 0 Å². The van der Waals surface area contributed by atoms with Crippen LogP contribution in [0.4, 0.5) is 5.69 Å². The standard InChI is InChI=1S/C13H22N2O/c1-2-3-8-15(9-10-16)13-6-4-12(11-14)5-7-13/h4-7,16H,2-3,8-11,14H2,1H3. The molecule has 90 valence electrons. The first-order valence-corrected chi connectivity index (χ1v) is 5.96. The maximum atomic E-state index is 9.04. The summed E-state index contributed by atoms with van der Waals surface area (Å²) in [5.41, 5.74) is 7.87. The summed E-state index contributed by atoms with van der Waals surface area (Å²) < 4.78 is 0. The minimum atomic E-state index is 0.197. The van der Waals surface area contributed by atoms with Gasteiger partial charge in [-0.05, 0) is 24.1 Å². The van der Waals surface area contributed by atoms with Crippen molar-refractivity contribution in [2.75, 3.05) is 24.6 Å². The van der Waals surface area contributed by atoms with E-state index in [1.54, 1.807) is 0 Å². The highest BCUT2D eigenvalue weighted by molar-refractivity contribution is 5.47. The average molecular weight is 222 g/mol. The van der Waals surface area contributed by atoms with E-state index in [-0.39, 0.29) is 6.61 Å². The Hall–Kier alpha value is -1.06. The molecule has 1 aromatic rings. The van der Waals surface area contributed by atoms with Gasteiger partial charge in [0.2, 0.25) is 0 Å². The number of nitrogens with two attached hydrogens (primary N) is 1. The summed E-state index contributed by atoms with van der Waals surface area (Å²) in [6, 6.07) is 8.25. The summed E-state index contributed by atoms with van der Waals surface area (Å²) in [5, 5.41) is 9.04. The largest absolute Gasteiger partial charge is 0.395 e. The molecule has 0 amide bonds. The molecule has 0 saturated carbocycles. The molecule has 0 spiro atoms. The van der Waals surface area contributed by atoms with Crippen molar-refractivity contribution in [3.8, 4) is 0 Å². The Labute approximate surface area is 97.9 Å². The van der Waals surface area contributed by atoms with Crippen LogP contribution >= 0.6 is 0 Å². The third-order valence-electron chi connectivity index (χ3n) is 2.69. The maximum absolute atomic E-state index is 9.04. The van der Waals surface area contributed by atoms with Crippen molar-refractivity contribution in [3.63, 3.8) is 0 Å². The van der Waals surface area contributed by atoms with Crippen LogP contribution < -0.4 is 10.6 Å². The van der Waals surface area contributed by atoms with E-state index in [4.69, 9.17) is 10.8 Å². The number of aliphatic hydroxyl groups is 1. The molecule has 0 aliphatic heterocycles. The zero-order valence-electron chi connectivity index (χ0n) is 10.0. The molecule has 0 saturated heterocycles. The Morgan fingerprint density at radius 1 is 1.19 bits per heavy atom. The minimum absolute atomic E-state index is 0.197. The molecule has 3 nitrogen and oxygen atoms in total. The van der Waals surface area contributed by atoms with Gasteiger partial charge in [0.15, 0.2) is 0 Å². The Balaban J connectivity index is 2.67. The lowest BCUT2D eigenvalue weighted by atomic mass is 10.2. The number of aliphatic hydroxyl groups excluding tert-OH is 1. The highest BCUT2D eigenvalue weighted by Gasteiger charge is 2.04. The fourth-order valence-electron chi connectivity index (χ4n) is 1.68. The lowest BCUT2D eigenvalue weighted by Crippen LogP contribution is -2.27. The predicted octanol–water partition coefficient (Wildman–Crippen LogP) is 1.74. The molecule has 16 heavy (non-hydrogen) atoms. The molecule has 0 heterocycles. The van der Waals surface area contributed by atoms with Crippen molar-refractivity contribution in [3.05, 3.63) is 29.8 Å². The molecule has 3 N–H and O–H groups in total. The number of nitrogens with zero attached hydrogens (tertiary/aromatic N) is 1. The van der Waals surface area contributed by atoms with E-state index >= 15 is 0 Å². The van der Waals surface area contributed by atoms with Crippen LogP contribution in [0, 0.1) is 0 Å². The third kappa shape index (κ3) is 3.83. The molecule has 1 aromatic carbocycles. The second-order valence-electron chi connectivity index (χ2n) is 3.93. The number of benzene rings is 1. The molecule has 0 fully saturated rings. The van der Waals surface area contributed by atoms with Gasteiger partial charge in [-0.1, -0.05) is 25.5 Å². The van der Waals surface area contributed by atoms with Crippen molar-refractivity contribution in [2.45, 2.75) is 26.3 Å². The molecule has 0 aromatic heterocycles. The van der Waals surface area contributed by atoms with Crippen molar-refractivity contribution < 1.29 is 5.11 Å². The monoisotopic (exact) mass is 222 g/mol. The van der Waals surface area contributed by atoms with E-state index in [0.717, 1.165) is 18.5 Å². The predicted molar refractivity (Wildman–Crippen MR) is 68.5 cm³/mol. The van der Waals surface area contributed by atoms with Gasteiger partial charge in [-0.2, -0.15) is 0 Å². The minimum Gasteiger partial charge on any atom is -0.395 e. The molecular weight excluding hydrogens is 200 g/mol. The first-order chi connectivity index (χ1) is 7.81. The highest BCUT2D eigenvalue weighted by Crippen LogP contribution is 2.15. The van der Waals surface area contributed by atoms with Crippen molar-refractivity contribution in [1.82, 2.24) is 0 Å². The summed E-state index contributed by atoms with van der Waals surface area (Å²) in [6.07, 6.45) is 2.32. The van der Waals surface area contributed by atoms with Gasteiger partial charge >= 0.3 is 0 Å². The van der Waals surface area contributed by atoms with Gasteiger partial charge in [-0.25, -0.2) is 0 Å². The molecule has 3 heteroatoms. The molecule has 0 aliphatic rings. The number of unbranched alkanes of at least 4 members (excludes halogenated alkanes) is 1. The molecular formula is C13H22N2O. The first-order valence-electron chi connectivity index (χ1n) is 5.96. The third-order valence-corrected chi connectivity index (χ3v) is 2.69. The lowest BCUT2D eigenvalue weighted by molar-refractivity contribution is 0.301. The number of rotatable bonds is 7. The van der Waals surface area contributed by atoms with Gasteiger partial charge in [0.1, 0.15) is 0 Å². The molecule has 0 aliphatic carbocycles. The number of anilines is 1. The Morgan fingerprint density at radius 2 is 1.88 bits per heavy atom. The summed E-state index contributed by atoms with van der Waals surface area (Å²) in [6.45, 7) is 4.65. The van der Waals surface area contributed by atoms with E-state index in [1.807, 2.05) is 12.1 Å². The van der Waals surface area contributed by atoms with Crippen molar-refractivity contribution >= 4 is 5.69 Å². The molecule has 0 unspecified atom stereocenters. The second-order valence-corrected chi connectivity index (χ2v) is 3.93. The zero-order chi connectivity index (χ0) is 11.8. The summed E-state index contributed by atoms with van der Waals surface area (Å²) in [5.74, 6) is 0. The van der Waals surface area contributed by atoms with E-state index in [1.165, 1.54) is 12.1 Å². The smallest absolute Gasteiger partial charge is 0.0606 e. The summed E-state index contributed by atoms with van der Waals surface area (Å²) in [7, 11) is 0.